The van der Waals surface area contributed by atoms with Crippen LogP contribution in [0.2, 0.25) is 0 Å². The first-order valence-corrected chi connectivity index (χ1v) is 6.38. The van der Waals surface area contributed by atoms with E-state index in [2.05, 4.69) is 19.2 Å². The second-order valence-electron chi connectivity index (χ2n) is 5.00. The van der Waals surface area contributed by atoms with E-state index < -0.39 is 11.4 Å². The molecule has 0 aromatic heterocycles. The fourth-order valence-electron chi connectivity index (χ4n) is 1.75. The maximum Gasteiger partial charge on any atom is 0.310 e. The van der Waals surface area contributed by atoms with Crippen LogP contribution in [0.25, 0.3) is 0 Å². The summed E-state index contributed by atoms with van der Waals surface area (Å²) in [5, 5.41) is 12.0. The molecule has 1 amide bonds. The van der Waals surface area contributed by atoms with Crippen molar-refractivity contribution in [2.75, 3.05) is 6.54 Å². The minimum Gasteiger partial charge on any atom is -0.481 e. The summed E-state index contributed by atoms with van der Waals surface area (Å²) >= 11 is 0. The summed E-state index contributed by atoms with van der Waals surface area (Å²) in [4.78, 5) is 22.9. The van der Waals surface area contributed by atoms with Crippen LogP contribution in [0.1, 0.15) is 53.4 Å². The molecule has 0 spiro atoms. The highest BCUT2D eigenvalue weighted by Crippen LogP contribution is 2.30. The number of carboxylic acid groups (broad SMARTS) is 1. The molecule has 100 valence electrons. The number of rotatable bonds is 8. The zero-order valence-corrected chi connectivity index (χ0v) is 11.4. The van der Waals surface area contributed by atoms with Crippen LogP contribution >= 0.6 is 0 Å². The molecule has 0 aliphatic carbocycles. The highest BCUT2D eigenvalue weighted by Gasteiger charge is 2.36. The van der Waals surface area contributed by atoms with Crippen molar-refractivity contribution in [2.24, 2.45) is 11.3 Å². The molecule has 0 rings (SSSR count). The van der Waals surface area contributed by atoms with E-state index in [1.165, 1.54) is 0 Å². The second kappa shape index (κ2) is 7.30. The number of carboxylic acids is 1. The van der Waals surface area contributed by atoms with Gasteiger partial charge in [0.1, 0.15) is 0 Å². The van der Waals surface area contributed by atoms with Crippen molar-refractivity contribution in [1.29, 1.82) is 0 Å². The molecule has 2 N–H and O–H groups in total. The van der Waals surface area contributed by atoms with E-state index in [1.54, 1.807) is 0 Å². The maximum atomic E-state index is 11.7. The van der Waals surface area contributed by atoms with Crippen molar-refractivity contribution in [3.8, 4) is 0 Å². The summed E-state index contributed by atoms with van der Waals surface area (Å²) < 4.78 is 0. The van der Waals surface area contributed by atoms with Crippen LogP contribution in [0.4, 0.5) is 0 Å². The summed E-state index contributed by atoms with van der Waals surface area (Å²) in [5.41, 5.74) is -0.901. The van der Waals surface area contributed by atoms with Gasteiger partial charge < -0.3 is 10.4 Å². The van der Waals surface area contributed by atoms with E-state index >= 15 is 0 Å². The zero-order chi connectivity index (χ0) is 13.5. The van der Waals surface area contributed by atoms with Gasteiger partial charge in [0, 0.05) is 13.0 Å². The summed E-state index contributed by atoms with van der Waals surface area (Å²) in [6.45, 7) is 8.44. The van der Waals surface area contributed by atoms with E-state index in [0.717, 1.165) is 6.42 Å². The molecule has 0 heterocycles. The van der Waals surface area contributed by atoms with Crippen molar-refractivity contribution in [3.63, 3.8) is 0 Å². The molecule has 0 bridgehead atoms. The lowest BCUT2D eigenvalue weighted by Crippen LogP contribution is -2.37. The van der Waals surface area contributed by atoms with Crippen LogP contribution in [0.15, 0.2) is 0 Å². The first-order valence-electron chi connectivity index (χ1n) is 6.38. The Morgan fingerprint density at radius 1 is 1.24 bits per heavy atom. The normalized spacial score (nSPS) is 11.6. The van der Waals surface area contributed by atoms with Crippen LogP contribution in [0.3, 0.4) is 0 Å². The third-order valence-electron chi connectivity index (χ3n) is 3.35. The summed E-state index contributed by atoms with van der Waals surface area (Å²) in [6.07, 6.45) is 1.96. The molecule has 0 unspecified atom stereocenters. The monoisotopic (exact) mass is 243 g/mol. The molecule has 4 nitrogen and oxygen atoms in total. The predicted molar refractivity (Wildman–Crippen MR) is 67.7 cm³/mol. The second-order valence-corrected chi connectivity index (χ2v) is 5.00. The summed E-state index contributed by atoms with van der Waals surface area (Å²) in [7, 11) is 0. The van der Waals surface area contributed by atoms with Crippen molar-refractivity contribution in [2.45, 2.75) is 53.4 Å². The Bertz CT molecular complexity index is 257. The third-order valence-corrected chi connectivity index (χ3v) is 3.35. The molecule has 4 heteroatoms. The van der Waals surface area contributed by atoms with Gasteiger partial charge in [0.2, 0.25) is 5.91 Å². The average Bonchev–Trinajstić information content (AvgIpc) is 2.25. The smallest absolute Gasteiger partial charge is 0.310 e. The maximum absolute atomic E-state index is 11.7. The Morgan fingerprint density at radius 2 is 1.76 bits per heavy atom. The average molecular weight is 243 g/mol. The first-order chi connectivity index (χ1) is 7.88. The summed E-state index contributed by atoms with van der Waals surface area (Å²) in [5.74, 6) is -0.491. The standard InChI is InChI=1S/C13H25NO3/c1-5-13(6-2,12(16)17)9-11(15)14-8-7-10(3)4/h10H,5-9H2,1-4H3,(H,14,15)(H,16,17). The zero-order valence-electron chi connectivity index (χ0n) is 11.4. The highest BCUT2D eigenvalue weighted by atomic mass is 16.4. The Balaban J connectivity index is 4.28. The molecule has 0 aliphatic heterocycles. The highest BCUT2D eigenvalue weighted by molar-refractivity contribution is 5.84. The van der Waals surface area contributed by atoms with Gasteiger partial charge in [0.15, 0.2) is 0 Å². The lowest BCUT2D eigenvalue weighted by Gasteiger charge is -2.25. The molecule has 0 atom stereocenters. The fraction of sp³-hybridized carbons (Fsp3) is 0.846. The number of aliphatic carboxylic acids is 1. The lowest BCUT2D eigenvalue weighted by atomic mass is 9.79. The van der Waals surface area contributed by atoms with Gasteiger partial charge >= 0.3 is 5.97 Å². The number of hydrogen-bond acceptors (Lipinski definition) is 2. The molecule has 0 saturated heterocycles. The van der Waals surface area contributed by atoms with E-state index in [9.17, 15) is 14.7 Å². The molecule has 0 fully saturated rings. The Hall–Kier alpha value is -1.06. The molecule has 0 aromatic carbocycles. The largest absolute Gasteiger partial charge is 0.481 e. The van der Waals surface area contributed by atoms with Gasteiger partial charge in [0.25, 0.3) is 0 Å². The number of carbonyl (C=O) groups excluding carboxylic acids is 1. The Kier molecular flexibility index (Phi) is 6.85. The molecule has 0 saturated carbocycles. The van der Waals surface area contributed by atoms with E-state index in [-0.39, 0.29) is 12.3 Å². The third kappa shape index (κ3) is 5.20. The van der Waals surface area contributed by atoms with Crippen molar-refractivity contribution < 1.29 is 14.7 Å². The van der Waals surface area contributed by atoms with Crippen LogP contribution in [-0.2, 0) is 9.59 Å². The quantitative estimate of drug-likeness (QED) is 0.688. The Labute approximate surface area is 104 Å². The predicted octanol–water partition coefficient (Wildman–Crippen LogP) is 2.43. The minimum atomic E-state index is -0.901. The molecule has 17 heavy (non-hydrogen) atoms. The topological polar surface area (TPSA) is 66.4 Å². The molecular weight excluding hydrogens is 218 g/mol. The molecule has 0 aromatic rings. The van der Waals surface area contributed by atoms with Gasteiger partial charge in [-0.2, -0.15) is 0 Å². The van der Waals surface area contributed by atoms with E-state index in [0.29, 0.717) is 25.3 Å². The first kappa shape index (κ1) is 15.9. The molecule has 0 radical (unpaired) electrons. The van der Waals surface area contributed by atoms with Gasteiger partial charge in [0.05, 0.1) is 5.41 Å². The van der Waals surface area contributed by atoms with Gasteiger partial charge in [-0.15, -0.1) is 0 Å². The minimum absolute atomic E-state index is 0.0768. The van der Waals surface area contributed by atoms with E-state index in [1.807, 2.05) is 13.8 Å². The van der Waals surface area contributed by atoms with Gasteiger partial charge in [-0.3, -0.25) is 9.59 Å². The van der Waals surface area contributed by atoms with Crippen molar-refractivity contribution in [1.82, 2.24) is 5.32 Å². The lowest BCUT2D eigenvalue weighted by molar-refractivity contribution is -0.152. The SMILES string of the molecule is CCC(CC)(CC(=O)NCCC(C)C)C(=O)O. The van der Waals surface area contributed by atoms with Gasteiger partial charge in [-0.05, 0) is 25.2 Å². The number of hydrogen-bond donors (Lipinski definition) is 2. The van der Waals surface area contributed by atoms with Crippen LogP contribution in [0, 0.1) is 11.3 Å². The number of nitrogens with one attached hydrogen (secondary N) is 1. The van der Waals surface area contributed by atoms with Gasteiger partial charge in [-0.1, -0.05) is 27.7 Å². The Morgan fingerprint density at radius 3 is 2.12 bits per heavy atom. The van der Waals surface area contributed by atoms with Crippen LogP contribution < -0.4 is 5.32 Å². The van der Waals surface area contributed by atoms with Crippen molar-refractivity contribution >= 4 is 11.9 Å². The van der Waals surface area contributed by atoms with Gasteiger partial charge in [-0.25, -0.2) is 0 Å². The fourth-order valence-corrected chi connectivity index (χ4v) is 1.75. The summed E-state index contributed by atoms with van der Waals surface area (Å²) in [6, 6.07) is 0. The number of amides is 1. The number of carbonyl (C=O) groups is 2. The van der Waals surface area contributed by atoms with E-state index in [4.69, 9.17) is 0 Å². The van der Waals surface area contributed by atoms with Crippen molar-refractivity contribution in [3.05, 3.63) is 0 Å². The molecular formula is C13H25NO3. The molecule has 0 aliphatic rings. The van der Waals surface area contributed by atoms with Crippen LogP contribution in [0.5, 0.6) is 0 Å². The van der Waals surface area contributed by atoms with Crippen LogP contribution in [-0.4, -0.2) is 23.5 Å².